The number of benzene rings is 2. The maximum absolute atomic E-state index is 12.4. The van der Waals surface area contributed by atoms with E-state index >= 15 is 0 Å². The fraction of sp³-hybridized carbons (Fsp3) is 0.286. The number of carbonyl (C=O) groups is 1. The third-order valence-electron chi connectivity index (χ3n) is 4.01. The molecule has 0 unspecified atom stereocenters. The van der Waals surface area contributed by atoms with E-state index in [-0.39, 0.29) is 11.9 Å². The Balaban J connectivity index is 2.14. The van der Waals surface area contributed by atoms with Crippen LogP contribution in [0.1, 0.15) is 17.2 Å². The summed E-state index contributed by atoms with van der Waals surface area (Å²) in [6.07, 6.45) is 3.20. The van der Waals surface area contributed by atoms with Gasteiger partial charge in [-0.3, -0.25) is 4.79 Å². The summed E-state index contributed by atoms with van der Waals surface area (Å²) in [4.78, 5) is 13.7. The SMILES string of the molecule is COc1cc(/C=C/C(=O)N[C@H](C[NH+](C)C)c2ccccc2)cc(Cl)c1OC. The van der Waals surface area contributed by atoms with E-state index in [4.69, 9.17) is 21.1 Å². The molecule has 1 amide bonds. The second-order valence-corrected chi connectivity index (χ2v) is 6.86. The van der Waals surface area contributed by atoms with E-state index in [0.29, 0.717) is 16.5 Å². The molecular formula is C21H26ClN2O3+. The predicted molar refractivity (Wildman–Crippen MR) is 109 cm³/mol. The lowest BCUT2D eigenvalue weighted by molar-refractivity contribution is -0.860. The van der Waals surface area contributed by atoms with Crippen molar-refractivity contribution in [1.82, 2.24) is 5.32 Å². The molecule has 27 heavy (non-hydrogen) atoms. The van der Waals surface area contributed by atoms with Crippen LogP contribution < -0.4 is 19.7 Å². The average Bonchev–Trinajstić information content (AvgIpc) is 2.65. The van der Waals surface area contributed by atoms with Crippen LogP contribution in [0, 0.1) is 0 Å². The molecule has 2 aromatic carbocycles. The molecular weight excluding hydrogens is 364 g/mol. The van der Waals surface area contributed by atoms with Crippen molar-refractivity contribution in [3.63, 3.8) is 0 Å². The summed E-state index contributed by atoms with van der Waals surface area (Å²) >= 11 is 6.21. The number of amides is 1. The molecule has 0 radical (unpaired) electrons. The van der Waals surface area contributed by atoms with Gasteiger partial charge in [0, 0.05) is 6.08 Å². The molecule has 0 aliphatic carbocycles. The van der Waals surface area contributed by atoms with Gasteiger partial charge in [-0.15, -0.1) is 0 Å². The average molecular weight is 390 g/mol. The van der Waals surface area contributed by atoms with Gasteiger partial charge in [-0.05, 0) is 29.3 Å². The van der Waals surface area contributed by atoms with Crippen molar-refractivity contribution in [3.8, 4) is 11.5 Å². The lowest BCUT2D eigenvalue weighted by atomic mass is 10.1. The third kappa shape index (κ3) is 6.01. The molecule has 6 heteroatoms. The molecule has 0 spiro atoms. The van der Waals surface area contributed by atoms with Gasteiger partial charge in [0.2, 0.25) is 5.91 Å². The van der Waals surface area contributed by atoms with E-state index in [0.717, 1.165) is 17.7 Å². The van der Waals surface area contributed by atoms with Crippen molar-refractivity contribution in [2.24, 2.45) is 0 Å². The van der Waals surface area contributed by atoms with Crippen molar-refractivity contribution in [2.45, 2.75) is 6.04 Å². The molecule has 0 saturated heterocycles. The van der Waals surface area contributed by atoms with Crippen molar-refractivity contribution in [2.75, 3.05) is 34.9 Å². The first-order valence-corrected chi connectivity index (χ1v) is 9.06. The zero-order valence-corrected chi connectivity index (χ0v) is 16.8. The van der Waals surface area contributed by atoms with Gasteiger partial charge in [-0.25, -0.2) is 0 Å². The Morgan fingerprint density at radius 1 is 1.19 bits per heavy atom. The van der Waals surface area contributed by atoms with Gasteiger partial charge in [0.25, 0.3) is 0 Å². The van der Waals surface area contributed by atoms with Gasteiger partial charge < -0.3 is 19.7 Å². The monoisotopic (exact) mass is 389 g/mol. The number of hydrogen-bond donors (Lipinski definition) is 2. The Kier molecular flexibility index (Phi) is 7.70. The van der Waals surface area contributed by atoms with E-state index in [1.54, 1.807) is 25.3 Å². The molecule has 0 bridgehead atoms. The molecule has 0 aromatic heterocycles. The molecule has 2 N–H and O–H groups in total. The number of quaternary nitrogens is 1. The number of methoxy groups -OCH3 is 2. The molecule has 0 saturated carbocycles. The van der Waals surface area contributed by atoms with Gasteiger partial charge in [-0.2, -0.15) is 0 Å². The maximum atomic E-state index is 12.4. The molecule has 0 fully saturated rings. The highest BCUT2D eigenvalue weighted by Crippen LogP contribution is 2.36. The Labute approximate surface area is 165 Å². The van der Waals surface area contributed by atoms with E-state index in [1.165, 1.54) is 18.1 Å². The Bertz CT molecular complexity index is 792. The van der Waals surface area contributed by atoms with E-state index in [9.17, 15) is 4.79 Å². The van der Waals surface area contributed by atoms with Crippen LogP contribution in [0.4, 0.5) is 0 Å². The van der Waals surface area contributed by atoms with Crippen molar-refractivity contribution in [3.05, 3.63) is 64.7 Å². The number of ether oxygens (including phenoxy) is 2. The first-order valence-electron chi connectivity index (χ1n) is 8.68. The molecule has 0 heterocycles. The highest BCUT2D eigenvalue weighted by atomic mass is 35.5. The first kappa shape index (κ1) is 20.8. The van der Waals surface area contributed by atoms with Crippen LogP contribution in [0.15, 0.2) is 48.5 Å². The lowest BCUT2D eigenvalue weighted by Gasteiger charge is -2.20. The number of nitrogens with one attached hydrogen (secondary N) is 2. The van der Waals surface area contributed by atoms with Crippen LogP contribution in [0.2, 0.25) is 5.02 Å². The molecule has 1 atom stereocenters. The Morgan fingerprint density at radius 3 is 2.48 bits per heavy atom. The molecule has 2 aromatic rings. The van der Waals surface area contributed by atoms with Crippen LogP contribution >= 0.6 is 11.6 Å². The fourth-order valence-electron chi connectivity index (χ4n) is 2.77. The second kappa shape index (κ2) is 10.00. The minimum atomic E-state index is -0.170. The summed E-state index contributed by atoms with van der Waals surface area (Å²) in [6, 6.07) is 13.4. The summed E-state index contributed by atoms with van der Waals surface area (Å²) in [5, 5.41) is 3.49. The third-order valence-corrected chi connectivity index (χ3v) is 4.29. The number of rotatable bonds is 8. The lowest BCUT2D eigenvalue weighted by Crippen LogP contribution is -3.06. The Morgan fingerprint density at radius 2 is 1.89 bits per heavy atom. The second-order valence-electron chi connectivity index (χ2n) is 6.45. The molecule has 0 aliphatic heterocycles. The number of halogens is 1. The van der Waals surface area contributed by atoms with Gasteiger partial charge in [0.05, 0.1) is 33.3 Å². The molecule has 0 aliphatic rings. The minimum absolute atomic E-state index is 0.0673. The zero-order chi connectivity index (χ0) is 19.8. The summed E-state index contributed by atoms with van der Waals surface area (Å²) < 4.78 is 10.5. The van der Waals surface area contributed by atoms with Crippen molar-refractivity contribution >= 4 is 23.6 Å². The highest BCUT2D eigenvalue weighted by Gasteiger charge is 2.16. The van der Waals surface area contributed by atoms with Crippen molar-refractivity contribution < 1.29 is 19.2 Å². The predicted octanol–water partition coefficient (Wildman–Crippen LogP) is 2.37. The summed E-state index contributed by atoms with van der Waals surface area (Å²) in [7, 11) is 7.19. The molecule has 2 rings (SSSR count). The van der Waals surface area contributed by atoms with Gasteiger partial charge >= 0.3 is 0 Å². The Hall–Kier alpha value is -2.50. The topological polar surface area (TPSA) is 52.0 Å². The fourth-order valence-corrected chi connectivity index (χ4v) is 3.07. The summed E-state index contributed by atoms with van der Waals surface area (Å²) in [5.74, 6) is 0.818. The largest absolute Gasteiger partial charge is 0.493 e. The highest BCUT2D eigenvalue weighted by molar-refractivity contribution is 6.32. The van der Waals surface area contributed by atoms with Crippen LogP contribution in [0.25, 0.3) is 6.08 Å². The van der Waals surface area contributed by atoms with E-state index < -0.39 is 0 Å². The maximum Gasteiger partial charge on any atom is 0.244 e. The van der Waals surface area contributed by atoms with Crippen LogP contribution in [-0.2, 0) is 4.79 Å². The van der Waals surface area contributed by atoms with Gasteiger partial charge in [0.1, 0.15) is 12.6 Å². The van der Waals surface area contributed by atoms with E-state index in [1.807, 2.05) is 30.3 Å². The van der Waals surface area contributed by atoms with E-state index in [2.05, 4.69) is 19.4 Å². The van der Waals surface area contributed by atoms with Gasteiger partial charge in [0.15, 0.2) is 11.5 Å². The normalized spacial score (nSPS) is 12.2. The standard InChI is InChI=1S/C21H25ClN2O3/c1-24(2)14-18(16-8-6-5-7-9-16)23-20(25)11-10-15-12-17(22)21(27-4)19(13-15)26-3/h5-13,18H,14H2,1-4H3,(H,23,25)/p+1/b11-10+/t18-/m1/s1. The number of carbonyl (C=O) groups excluding carboxylic acids is 1. The number of hydrogen-bond acceptors (Lipinski definition) is 3. The minimum Gasteiger partial charge on any atom is -0.493 e. The van der Waals surface area contributed by atoms with Gasteiger partial charge in [-0.1, -0.05) is 41.9 Å². The smallest absolute Gasteiger partial charge is 0.244 e. The number of likely N-dealkylation sites (N-methyl/N-ethyl adjacent to an activating group) is 1. The molecule has 144 valence electrons. The first-order chi connectivity index (χ1) is 12.9. The quantitative estimate of drug-likeness (QED) is 0.681. The van der Waals surface area contributed by atoms with Crippen LogP contribution in [-0.4, -0.2) is 40.8 Å². The van der Waals surface area contributed by atoms with Crippen LogP contribution in [0.5, 0.6) is 11.5 Å². The zero-order valence-electron chi connectivity index (χ0n) is 16.1. The van der Waals surface area contributed by atoms with Crippen LogP contribution in [0.3, 0.4) is 0 Å². The van der Waals surface area contributed by atoms with Crippen molar-refractivity contribution in [1.29, 1.82) is 0 Å². The summed E-state index contributed by atoms with van der Waals surface area (Å²) in [5.41, 5.74) is 1.83. The summed E-state index contributed by atoms with van der Waals surface area (Å²) in [6.45, 7) is 0.784. The molecule has 5 nitrogen and oxygen atoms in total.